The van der Waals surface area contributed by atoms with Gasteiger partial charge < -0.3 is 9.88 Å². The van der Waals surface area contributed by atoms with Gasteiger partial charge in [0, 0.05) is 36.9 Å². The fourth-order valence-electron chi connectivity index (χ4n) is 2.06. The number of hydrogen-bond acceptors (Lipinski definition) is 2. The van der Waals surface area contributed by atoms with Crippen LogP contribution in [0.4, 0.5) is 0 Å². The molecule has 2 rings (SSSR count). The highest BCUT2D eigenvalue weighted by Gasteiger charge is 2.08. The van der Waals surface area contributed by atoms with Crippen LogP contribution in [0.25, 0.3) is 0 Å². The number of hydrogen-bond donors (Lipinski definition) is 1. The summed E-state index contributed by atoms with van der Waals surface area (Å²) < 4.78 is 2.28. The molecule has 0 saturated heterocycles. The maximum atomic E-state index is 4.04. The topological polar surface area (TPSA) is 29.9 Å². The SMILES string of the molecule is CCNC(C)c1cccn1Cc1ccncc1. The molecule has 0 saturated carbocycles. The third-order valence-corrected chi connectivity index (χ3v) is 2.92. The summed E-state index contributed by atoms with van der Waals surface area (Å²) in [7, 11) is 0. The predicted molar refractivity (Wildman–Crippen MR) is 69.9 cm³/mol. The van der Waals surface area contributed by atoms with Gasteiger partial charge in [0.05, 0.1) is 0 Å². The zero-order valence-electron chi connectivity index (χ0n) is 10.4. The van der Waals surface area contributed by atoms with Gasteiger partial charge in [-0.1, -0.05) is 6.92 Å². The lowest BCUT2D eigenvalue weighted by Crippen LogP contribution is -2.20. The van der Waals surface area contributed by atoms with Crippen LogP contribution in [0.2, 0.25) is 0 Å². The van der Waals surface area contributed by atoms with E-state index < -0.39 is 0 Å². The van der Waals surface area contributed by atoms with Crippen LogP contribution < -0.4 is 5.32 Å². The van der Waals surface area contributed by atoms with Crippen molar-refractivity contribution in [2.75, 3.05) is 6.54 Å². The average molecular weight is 229 g/mol. The summed E-state index contributed by atoms with van der Waals surface area (Å²) in [5, 5.41) is 3.44. The second-order valence-electron chi connectivity index (χ2n) is 4.20. The summed E-state index contributed by atoms with van der Waals surface area (Å²) in [4.78, 5) is 4.04. The molecule has 2 aromatic heterocycles. The molecule has 90 valence electrons. The third-order valence-electron chi connectivity index (χ3n) is 2.92. The number of nitrogens with zero attached hydrogens (tertiary/aromatic N) is 2. The molecule has 0 aliphatic carbocycles. The largest absolute Gasteiger partial charge is 0.346 e. The Balaban J connectivity index is 2.14. The Bertz CT molecular complexity index is 448. The zero-order chi connectivity index (χ0) is 12.1. The van der Waals surface area contributed by atoms with Crippen LogP contribution in [-0.2, 0) is 6.54 Å². The quantitative estimate of drug-likeness (QED) is 0.854. The molecule has 0 amide bonds. The van der Waals surface area contributed by atoms with E-state index >= 15 is 0 Å². The second-order valence-corrected chi connectivity index (χ2v) is 4.20. The summed E-state index contributed by atoms with van der Waals surface area (Å²) >= 11 is 0. The van der Waals surface area contributed by atoms with Crippen LogP contribution in [0.3, 0.4) is 0 Å². The molecule has 0 spiro atoms. The van der Waals surface area contributed by atoms with Crippen LogP contribution in [0, 0.1) is 0 Å². The lowest BCUT2D eigenvalue weighted by molar-refractivity contribution is 0.553. The maximum absolute atomic E-state index is 4.04. The fourth-order valence-corrected chi connectivity index (χ4v) is 2.06. The molecule has 0 aliphatic heterocycles. The van der Waals surface area contributed by atoms with Crippen molar-refractivity contribution in [1.82, 2.24) is 14.9 Å². The van der Waals surface area contributed by atoms with Crippen molar-refractivity contribution in [3.63, 3.8) is 0 Å². The standard InChI is InChI=1S/C14H19N3/c1-3-16-12(2)14-5-4-10-17(14)11-13-6-8-15-9-7-13/h4-10,12,16H,3,11H2,1-2H3. The van der Waals surface area contributed by atoms with Gasteiger partial charge in [-0.05, 0) is 43.3 Å². The van der Waals surface area contributed by atoms with E-state index in [9.17, 15) is 0 Å². The van der Waals surface area contributed by atoms with Crippen LogP contribution in [0.5, 0.6) is 0 Å². The van der Waals surface area contributed by atoms with E-state index in [1.165, 1.54) is 11.3 Å². The van der Waals surface area contributed by atoms with E-state index in [1.54, 1.807) is 0 Å². The Morgan fingerprint density at radius 3 is 2.76 bits per heavy atom. The highest BCUT2D eigenvalue weighted by molar-refractivity contribution is 5.16. The average Bonchev–Trinajstić information content (AvgIpc) is 2.79. The first-order valence-electron chi connectivity index (χ1n) is 6.08. The van der Waals surface area contributed by atoms with Crippen molar-refractivity contribution < 1.29 is 0 Å². The minimum atomic E-state index is 0.386. The van der Waals surface area contributed by atoms with Gasteiger partial charge in [-0.25, -0.2) is 0 Å². The lowest BCUT2D eigenvalue weighted by Gasteiger charge is -2.16. The normalized spacial score (nSPS) is 12.6. The van der Waals surface area contributed by atoms with E-state index in [-0.39, 0.29) is 0 Å². The minimum absolute atomic E-state index is 0.386. The van der Waals surface area contributed by atoms with E-state index in [2.05, 4.69) is 59.2 Å². The Hall–Kier alpha value is -1.61. The highest BCUT2D eigenvalue weighted by atomic mass is 15.0. The molecule has 2 aromatic rings. The fraction of sp³-hybridized carbons (Fsp3) is 0.357. The molecule has 3 nitrogen and oxygen atoms in total. The molecule has 1 N–H and O–H groups in total. The first-order chi connectivity index (χ1) is 8.31. The lowest BCUT2D eigenvalue weighted by atomic mass is 10.2. The van der Waals surface area contributed by atoms with Crippen LogP contribution >= 0.6 is 0 Å². The summed E-state index contributed by atoms with van der Waals surface area (Å²) in [5.74, 6) is 0. The van der Waals surface area contributed by atoms with Gasteiger partial charge in [0.25, 0.3) is 0 Å². The Morgan fingerprint density at radius 1 is 1.29 bits per heavy atom. The summed E-state index contributed by atoms with van der Waals surface area (Å²) in [6.45, 7) is 6.22. The molecule has 0 bridgehead atoms. The van der Waals surface area contributed by atoms with Crippen molar-refractivity contribution in [2.24, 2.45) is 0 Å². The van der Waals surface area contributed by atoms with Gasteiger partial charge >= 0.3 is 0 Å². The monoisotopic (exact) mass is 229 g/mol. The van der Waals surface area contributed by atoms with E-state index in [4.69, 9.17) is 0 Å². The van der Waals surface area contributed by atoms with Gasteiger partial charge in [0.1, 0.15) is 0 Å². The minimum Gasteiger partial charge on any atom is -0.346 e. The third kappa shape index (κ3) is 2.94. The van der Waals surface area contributed by atoms with Crippen molar-refractivity contribution >= 4 is 0 Å². The van der Waals surface area contributed by atoms with Crippen molar-refractivity contribution in [2.45, 2.75) is 26.4 Å². The van der Waals surface area contributed by atoms with Crippen LogP contribution in [0.15, 0.2) is 42.9 Å². The Kier molecular flexibility index (Phi) is 3.94. The Labute approximate surface area is 103 Å². The van der Waals surface area contributed by atoms with Crippen LogP contribution in [0.1, 0.15) is 31.1 Å². The molecule has 0 radical (unpaired) electrons. The summed E-state index contributed by atoms with van der Waals surface area (Å²) in [6, 6.07) is 8.78. The molecular formula is C14H19N3. The van der Waals surface area contributed by atoms with E-state index in [1.807, 2.05) is 12.4 Å². The summed E-state index contributed by atoms with van der Waals surface area (Å²) in [6.07, 6.45) is 5.81. The smallest absolute Gasteiger partial charge is 0.0474 e. The van der Waals surface area contributed by atoms with Crippen molar-refractivity contribution in [3.8, 4) is 0 Å². The zero-order valence-corrected chi connectivity index (χ0v) is 10.4. The van der Waals surface area contributed by atoms with Crippen molar-refractivity contribution in [3.05, 3.63) is 54.1 Å². The summed E-state index contributed by atoms with van der Waals surface area (Å²) in [5.41, 5.74) is 2.60. The van der Waals surface area contributed by atoms with Crippen molar-refractivity contribution in [1.29, 1.82) is 0 Å². The molecule has 1 atom stereocenters. The second kappa shape index (κ2) is 5.64. The first kappa shape index (κ1) is 11.9. The molecule has 1 unspecified atom stereocenters. The molecule has 2 heterocycles. The number of aromatic nitrogens is 2. The maximum Gasteiger partial charge on any atom is 0.0474 e. The molecule has 0 aliphatic rings. The molecule has 0 aromatic carbocycles. The van der Waals surface area contributed by atoms with Gasteiger partial charge in [0.2, 0.25) is 0 Å². The first-order valence-corrected chi connectivity index (χ1v) is 6.08. The van der Waals surface area contributed by atoms with E-state index in [0.29, 0.717) is 6.04 Å². The van der Waals surface area contributed by atoms with Crippen LogP contribution in [-0.4, -0.2) is 16.1 Å². The molecule has 3 heteroatoms. The highest BCUT2D eigenvalue weighted by Crippen LogP contribution is 2.14. The van der Waals surface area contributed by atoms with Gasteiger partial charge in [-0.2, -0.15) is 0 Å². The molecule has 17 heavy (non-hydrogen) atoms. The number of rotatable bonds is 5. The van der Waals surface area contributed by atoms with Gasteiger partial charge in [-0.3, -0.25) is 4.98 Å². The predicted octanol–water partition coefficient (Wildman–Crippen LogP) is 2.60. The Morgan fingerprint density at radius 2 is 2.06 bits per heavy atom. The molecule has 0 fully saturated rings. The molecular weight excluding hydrogens is 210 g/mol. The van der Waals surface area contributed by atoms with Gasteiger partial charge in [-0.15, -0.1) is 0 Å². The number of pyridine rings is 1. The number of nitrogens with one attached hydrogen (secondary N) is 1. The van der Waals surface area contributed by atoms with Gasteiger partial charge in [0.15, 0.2) is 0 Å². The van der Waals surface area contributed by atoms with E-state index in [0.717, 1.165) is 13.1 Å².